The second kappa shape index (κ2) is 6.90. The van der Waals surface area contributed by atoms with Crippen molar-refractivity contribution in [1.29, 1.82) is 0 Å². The Morgan fingerprint density at radius 1 is 1.60 bits per heavy atom. The standard InChI is InChI=1S/C14H20ClN3O2/c1-3-16-13-7-6-10(15)11(17-13)9-18-8-4-5-12(18)14(19)20-2/h6-7,12H,3-5,8-9H2,1-2H3,(H,16,17). The number of aromatic nitrogens is 1. The van der Waals surface area contributed by atoms with Crippen LogP contribution in [-0.4, -0.2) is 42.1 Å². The molecule has 5 nitrogen and oxygen atoms in total. The molecule has 0 amide bonds. The van der Waals surface area contributed by atoms with Crippen molar-refractivity contribution in [2.75, 3.05) is 25.5 Å². The van der Waals surface area contributed by atoms with Crippen LogP contribution >= 0.6 is 11.6 Å². The molecule has 1 N–H and O–H groups in total. The van der Waals surface area contributed by atoms with Gasteiger partial charge in [-0.2, -0.15) is 0 Å². The first kappa shape index (κ1) is 15.1. The Kier molecular flexibility index (Phi) is 5.20. The van der Waals surface area contributed by atoms with E-state index in [0.717, 1.165) is 37.4 Å². The van der Waals surface area contributed by atoms with Gasteiger partial charge in [-0.25, -0.2) is 4.98 Å². The van der Waals surface area contributed by atoms with Crippen LogP contribution in [0.25, 0.3) is 0 Å². The molecule has 2 rings (SSSR count). The fraction of sp³-hybridized carbons (Fsp3) is 0.571. The zero-order valence-corrected chi connectivity index (χ0v) is 12.6. The van der Waals surface area contributed by atoms with Crippen LogP contribution in [-0.2, 0) is 16.1 Å². The van der Waals surface area contributed by atoms with Gasteiger partial charge in [0.25, 0.3) is 0 Å². The molecule has 1 aromatic rings. The number of anilines is 1. The predicted molar refractivity (Wildman–Crippen MR) is 78.9 cm³/mol. The fourth-order valence-electron chi connectivity index (χ4n) is 2.49. The van der Waals surface area contributed by atoms with Crippen molar-refractivity contribution < 1.29 is 9.53 Å². The van der Waals surface area contributed by atoms with Crippen LogP contribution in [0.2, 0.25) is 5.02 Å². The van der Waals surface area contributed by atoms with Crippen molar-refractivity contribution in [2.24, 2.45) is 0 Å². The molecule has 0 bridgehead atoms. The minimum atomic E-state index is -0.180. The summed E-state index contributed by atoms with van der Waals surface area (Å²) in [5, 5.41) is 3.79. The SMILES string of the molecule is CCNc1ccc(Cl)c(CN2CCCC2C(=O)OC)n1. The first-order chi connectivity index (χ1) is 9.65. The van der Waals surface area contributed by atoms with Gasteiger partial charge in [0.05, 0.1) is 17.8 Å². The number of hydrogen-bond donors (Lipinski definition) is 1. The molecule has 1 unspecified atom stereocenters. The molecule has 0 radical (unpaired) electrons. The molecule has 20 heavy (non-hydrogen) atoms. The highest BCUT2D eigenvalue weighted by atomic mass is 35.5. The van der Waals surface area contributed by atoms with E-state index in [1.807, 2.05) is 19.1 Å². The molecule has 1 atom stereocenters. The van der Waals surface area contributed by atoms with Crippen molar-refractivity contribution in [1.82, 2.24) is 9.88 Å². The van der Waals surface area contributed by atoms with E-state index in [1.54, 1.807) is 0 Å². The van der Waals surface area contributed by atoms with E-state index >= 15 is 0 Å². The van der Waals surface area contributed by atoms with Gasteiger partial charge in [-0.1, -0.05) is 11.6 Å². The summed E-state index contributed by atoms with van der Waals surface area (Å²) in [5.74, 6) is 0.627. The van der Waals surface area contributed by atoms with Gasteiger partial charge < -0.3 is 10.1 Å². The third-order valence-corrected chi connectivity index (χ3v) is 3.81. The third-order valence-electron chi connectivity index (χ3n) is 3.47. The summed E-state index contributed by atoms with van der Waals surface area (Å²) in [6.45, 7) is 4.26. The van der Waals surface area contributed by atoms with Gasteiger partial charge >= 0.3 is 5.97 Å². The van der Waals surface area contributed by atoms with Crippen LogP contribution in [0.5, 0.6) is 0 Å². The fourth-order valence-corrected chi connectivity index (χ4v) is 2.65. The number of nitrogens with one attached hydrogen (secondary N) is 1. The van der Waals surface area contributed by atoms with Gasteiger partial charge in [-0.3, -0.25) is 9.69 Å². The quantitative estimate of drug-likeness (QED) is 0.845. The van der Waals surface area contributed by atoms with Crippen molar-refractivity contribution >= 4 is 23.4 Å². The summed E-state index contributed by atoms with van der Waals surface area (Å²) in [7, 11) is 1.43. The van der Waals surface area contributed by atoms with Crippen LogP contribution in [0.15, 0.2) is 12.1 Å². The highest BCUT2D eigenvalue weighted by Crippen LogP contribution is 2.24. The molecule has 1 aliphatic heterocycles. The molecular weight excluding hydrogens is 278 g/mol. The van der Waals surface area contributed by atoms with E-state index in [2.05, 4.69) is 15.2 Å². The second-order valence-electron chi connectivity index (χ2n) is 4.81. The average molecular weight is 298 g/mol. The maximum absolute atomic E-state index is 11.7. The van der Waals surface area contributed by atoms with Crippen LogP contribution < -0.4 is 5.32 Å². The zero-order valence-electron chi connectivity index (χ0n) is 11.9. The van der Waals surface area contributed by atoms with Crippen molar-refractivity contribution in [2.45, 2.75) is 32.4 Å². The molecule has 2 heterocycles. The van der Waals surface area contributed by atoms with Crippen molar-refractivity contribution in [3.63, 3.8) is 0 Å². The average Bonchev–Trinajstić information content (AvgIpc) is 2.90. The molecule has 6 heteroatoms. The molecule has 1 fully saturated rings. The number of likely N-dealkylation sites (tertiary alicyclic amines) is 1. The van der Waals surface area contributed by atoms with Crippen molar-refractivity contribution in [3.05, 3.63) is 22.8 Å². The number of pyridine rings is 1. The highest BCUT2D eigenvalue weighted by molar-refractivity contribution is 6.31. The van der Waals surface area contributed by atoms with Gasteiger partial charge in [0.15, 0.2) is 0 Å². The molecule has 0 spiro atoms. The number of carbonyl (C=O) groups excluding carboxylic acids is 1. The molecule has 0 aliphatic carbocycles. The second-order valence-corrected chi connectivity index (χ2v) is 5.21. The van der Waals surface area contributed by atoms with E-state index in [-0.39, 0.29) is 12.0 Å². The smallest absolute Gasteiger partial charge is 0.323 e. The van der Waals surface area contributed by atoms with E-state index in [1.165, 1.54) is 7.11 Å². The summed E-state index contributed by atoms with van der Waals surface area (Å²) >= 11 is 6.20. The Morgan fingerprint density at radius 2 is 2.40 bits per heavy atom. The minimum Gasteiger partial charge on any atom is -0.468 e. The highest BCUT2D eigenvalue weighted by Gasteiger charge is 2.32. The lowest BCUT2D eigenvalue weighted by Gasteiger charge is -2.22. The van der Waals surface area contributed by atoms with E-state index in [9.17, 15) is 4.79 Å². The van der Waals surface area contributed by atoms with Gasteiger partial charge in [-0.15, -0.1) is 0 Å². The first-order valence-electron chi connectivity index (χ1n) is 6.87. The number of esters is 1. The van der Waals surface area contributed by atoms with Crippen LogP contribution in [0.1, 0.15) is 25.5 Å². The summed E-state index contributed by atoms with van der Waals surface area (Å²) in [6.07, 6.45) is 1.82. The van der Waals surface area contributed by atoms with Gasteiger partial charge in [0, 0.05) is 13.1 Å². The van der Waals surface area contributed by atoms with Gasteiger partial charge in [0.2, 0.25) is 0 Å². The molecule has 0 saturated carbocycles. The Morgan fingerprint density at radius 3 is 3.10 bits per heavy atom. The number of nitrogens with zero attached hydrogens (tertiary/aromatic N) is 2. The number of methoxy groups -OCH3 is 1. The summed E-state index contributed by atoms with van der Waals surface area (Å²) in [6, 6.07) is 3.52. The maximum Gasteiger partial charge on any atom is 0.323 e. The monoisotopic (exact) mass is 297 g/mol. The lowest BCUT2D eigenvalue weighted by atomic mass is 10.2. The Bertz CT molecular complexity index is 481. The number of halogens is 1. The largest absolute Gasteiger partial charge is 0.468 e. The van der Waals surface area contributed by atoms with Crippen LogP contribution in [0.3, 0.4) is 0 Å². The minimum absolute atomic E-state index is 0.179. The number of carbonyl (C=O) groups is 1. The molecule has 0 aromatic carbocycles. The molecule has 1 aromatic heterocycles. The summed E-state index contributed by atoms with van der Waals surface area (Å²) in [5.41, 5.74) is 0.793. The number of ether oxygens (including phenoxy) is 1. The van der Waals surface area contributed by atoms with E-state index < -0.39 is 0 Å². The van der Waals surface area contributed by atoms with Crippen molar-refractivity contribution in [3.8, 4) is 0 Å². The molecule has 1 saturated heterocycles. The normalized spacial score (nSPS) is 19.1. The summed E-state index contributed by atoms with van der Waals surface area (Å²) in [4.78, 5) is 18.3. The maximum atomic E-state index is 11.7. The lowest BCUT2D eigenvalue weighted by molar-refractivity contribution is -0.146. The van der Waals surface area contributed by atoms with Gasteiger partial charge in [0.1, 0.15) is 11.9 Å². The topological polar surface area (TPSA) is 54.5 Å². The Balaban J connectivity index is 2.12. The summed E-state index contributed by atoms with van der Waals surface area (Å²) < 4.78 is 4.85. The third kappa shape index (κ3) is 3.41. The number of rotatable bonds is 5. The first-order valence-corrected chi connectivity index (χ1v) is 7.24. The zero-order chi connectivity index (χ0) is 14.5. The van der Waals surface area contributed by atoms with E-state index in [4.69, 9.17) is 16.3 Å². The van der Waals surface area contributed by atoms with Crippen LogP contribution in [0, 0.1) is 0 Å². The van der Waals surface area contributed by atoms with E-state index in [0.29, 0.717) is 11.6 Å². The number of hydrogen-bond acceptors (Lipinski definition) is 5. The molecular formula is C14H20ClN3O2. The molecule has 110 valence electrons. The predicted octanol–water partition coefficient (Wildman–Crippen LogP) is 2.30. The Labute approximate surface area is 124 Å². The lowest BCUT2D eigenvalue weighted by Crippen LogP contribution is -2.36. The van der Waals surface area contributed by atoms with Crippen LogP contribution in [0.4, 0.5) is 5.82 Å². The van der Waals surface area contributed by atoms with Gasteiger partial charge in [-0.05, 0) is 38.4 Å². The Hall–Kier alpha value is -1.33. The molecule has 1 aliphatic rings.